The van der Waals surface area contributed by atoms with E-state index in [1.807, 2.05) is 0 Å². The molecule has 0 aliphatic heterocycles. The van der Waals surface area contributed by atoms with Crippen molar-refractivity contribution < 1.29 is 50.4 Å². The Morgan fingerprint density at radius 3 is 0.545 bits per heavy atom. The van der Waals surface area contributed by atoms with Crippen molar-refractivity contribution in [1.82, 2.24) is 0 Å². The molecule has 6 nitrogen and oxygen atoms in total. The molecule has 0 aliphatic carbocycles. The Labute approximate surface area is 228 Å². The van der Waals surface area contributed by atoms with Crippen LogP contribution in [-0.4, -0.2) is 29.4 Å². The van der Waals surface area contributed by atoms with Crippen molar-refractivity contribution in [3.63, 3.8) is 0 Å². The quantitative estimate of drug-likeness (QED) is 0.0501. The first-order valence-corrected chi connectivity index (χ1v) is 17.8. The van der Waals surface area contributed by atoms with Crippen molar-refractivity contribution in [2.45, 2.75) is 142 Å². The smallest absolute Gasteiger partial charge is 0.319 e. The van der Waals surface area contributed by atoms with Crippen molar-refractivity contribution in [3.05, 3.63) is 0 Å². The summed E-state index contributed by atoms with van der Waals surface area (Å²) in [5.41, 5.74) is 0. The van der Waals surface area contributed by atoms with Gasteiger partial charge < -0.3 is 29.4 Å². The topological polar surface area (TPSA) is 121 Å². The second kappa shape index (κ2) is 31.8. The molecular formula is C22H52MoO6P2S2. The van der Waals surface area contributed by atoms with Crippen LogP contribution in [0.4, 0.5) is 0 Å². The molecule has 0 aromatic rings. The first kappa shape index (κ1) is 41.9. The maximum absolute atomic E-state index is 7.56. The molecule has 0 aromatic carbocycles. The molecule has 0 aliphatic rings. The molecule has 0 unspecified atom stereocenters. The third-order valence-corrected chi connectivity index (χ3v) is 4.96. The molecule has 0 rings (SSSR count). The van der Waals surface area contributed by atoms with E-state index >= 15 is 0 Å². The average molecular weight is 635 g/mol. The second-order valence-electron chi connectivity index (χ2n) is 8.39. The van der Waals surface area contributed by atoms with Crippen LogP contribution in [0.3, 0.4) is 0 Å². The van der Waals surface area contributed by atoms with Crippen LogP contribution in [0, 0.1) is 0 Å². The van der Waals surface area contributed by atoms with Gasteiger partial charge >= 0.3 is 13.4 Å². The summed E-state index contributed by atoms with van der Waals surface area (Å²) >= 11 is 7.21. The fourth-order valence-corrected chi connectivity index (χ4v) is 3.33. The monoisotopic (exact) mass is 636 g/mol. The summed E-state index contributed by atoms with van der Waals surface area (Å²) < 4.78 is 0. The minimum Gasteiger partial charge on any atom is -0.325 e. The maximum Gasteiger partial charge on any atom is 0.319 e. The number of unbranched alkanes of at least 4 members (excludes halogenated alkanes) is 19. The average Bonchev–Trinajstić information content (AvgIpc) is 2.64. The molecule has 0 aromatic heterocycles. The van der Waals surface area contributed by atoms with Crippen molar-refractivity contribution in [3.8, 4) is 0 Å². The van der Waals surface area contributed by atoms with E-state index in [1.54, 1.807) is 0 Å². The summed E-state index contributed by atoms with van der Waals surface area (Å²) in [6, 6.07) is 0. The van der Waals surface area contributed by atoms with Gasteiger partial charge in [-0.1, -0.05) is 142 Å². The van der Waals surface area contributed by atoms with E-state index in [2.05, 4.69) is 37.5 Å². The molecule has 0 saturated heterocycles. The van der Waals surface area contributed by atoms with Crippen LogP contribution in [0.2, 0.25) is 0 Å². The van der Waals surface area contributed by atoms with Crippen LogP contribution in [0.15, 0.2) is 0 Å². The molecule has 6 N–H and O–H groups in total. The van der Waals surface area contributed by atoms with Gasteiger partial charge in [0.2, 0.25) is 0 Å². The van der Waals surface area contributed by atoms with E-state index in [-0.39, 0.29) is 21.1 Å². The normalized spacial score (nSPS) is 11.0. The zero-order chi connectivity index (χ0) is 25.1. The Morgan fingerprint density at radius 2 is 0.455 bits per heavy atom. The van der Waals surface area contributed by atoms with E-state index in [0.717, 1.165) is 0 Å². The van der Waals surface area contributed by atoms with Gasteiger partial charge in [0.1, 0.15) is 0 Å². The van der Waals surface area contributed by atoms with Crippen LogP contribution in [-0.2, 0) is 44.7 Å². The first-order chi connectivity index (χ1) is 14.9. The van der Waals surface area contributed by atoms with Gasteiger partial charge in [-0.15, -0.1) is 0 Å². The van der Waals surface area contributed by atoms with Crippen molar-refractivity contribution in [1.29, 1.82) is 0 Å². The van der Waals surface area contributed by atoms with Gasteiger partial charge in [0.05, 0.1) is 0 Å². The Hall–Kier alpha value is 1.75. The van der Waals surface area contributed by atoms with Crippen molar-refractivity contribution in [2.75, 3.05) is 0 Å². The molecule has 0 saturated carbocycles. The molecule has 0 radical (unpaired) electrons. The third-order valence-electron chi connectivity index (χ3n) is 4.96. The predicted octanol–water partition coefficient (Wildman–Crippen LogP) is 7.20. The van der Waals surface area contributed by atoms with E-state index in [0.29, 0.717) is 0 Å². The fourth-order valence-electron chi connectivity index (χ4n) is 3.33. The molecule has 0 bridgehead atoms. The second-order valence-corrected chi connectivity index (χ2v) is 13.4. The summed E-state index contributed by atoms with van der Waals surface area (Å²) in [6.45, 7) is -3.01. The molecule has 0 spiro atoms. The largest absolute Gasteiger partial charge is 0.325 e. The Bertz CT molecular complexity index is 394. The predicted molar refractivity (Wildman–Crippen MR) is 146 cm³/mol. The summed E-state index contributed by atoms with van der Waals surface area (Å²) in [4.78, 5) is 45.3. The Morgan fingerprint density at radius 1 is 0.364 bits per heavy atom. The van der Waals surface area contributed by atoms with Crippen molar-refractivity contribution in [2.24, 2.45) is 0 Å². The number of rotatable bonds is 19. The molecule has 0 fully saturated rings. The molecule has 0 atom stereocenters. The van der Waals surface area contributed by atoms with Crippen LogP contribution in [0.25, 0.3) is 0 Å². The minimum absolute atomic E-state index is 0. The van der Waals surface area contributed by atoms with Gasteiger partial charge in [-0.25, -0.2) is 0 Å². The van der Waals surface area contributed by atoms with Crippen LogP contribution < -0.4 is 0 Å². The summed E-state index contributed by atoms with van der Waals surface area (Å²) in [5.74, 6) is 0. The molecular weight excluding hydrogens is 582 g/mol. The van der Waals surface area contributed by atoms with Crippen molar-refractivity contribution >= 4 is 37.1 Å². The summed E-state index contributed by atoms with van der Waals surface area (Å²) in [5, 5.41) is 0. The Balaban J connectivity index is -0.000000318. The van der Waals surface area contributed by atoms with E-state index in [9.17, 15) is 0 Å². The van der Waals surface area contributed by atoms with Crippen LogP contribution >= 0.6 is 13.4 Å². The van der Waals surface area contributed by atoms with Gasteiger partial charge in [0.15, 0.2) is 0 Å². The van der Waals surface area contributed by atoms with Crippen LogP contribution in [0.5, 0.6) is 0 Å². The fraction of sp³-hybridized carbons (Fsp3) is 1.00. The zero-order valence-electron chi connectivity index (χ0n) is 20.9. The van der Waals surface area contributed by atoms with Crippen LogP contribution in [0.1, 0.15) is 142 Å². The summed E-state index contributed by atoms with van der Waals surface area (Å²) in [6.07, 6.45) is 29.4. The van der Waals surface area contributed by atoms with E-state index in [1.165, 1.54) is 128 Å². The molecule has 0 heterocycles. The summed E-state index contributed by atoms with van der Waals surface area (Å²) in [7, 11) is 0. The number of hydrogen-bond donors (Lipinski definition) is 6. The Kier molecular flexibility index (Phi) is 40.3. The SMILES string of the molecule is CCCCCCCCCCCCCCCCCCCCCC.OP(O)(O)=S.OP(O)(O)=S.[Mo]. The third kappa shape index (κ3) is 79.0. The van der Waals surface area contributed by atoms with Gasteiger partial charge in [-0.05, 0) is 23.6 Å². The minimum atomic E-state index is -3.81. The molecule has 11 heteroatoms. The van der Waals surface area contributed by atoms with E-state index in [4.69, 9.17) is 29.4 Å². The standard InChI is InChI=1S/C22H46.Mo.2H3O3PS/c1-3-5-7-9-11-13-15-17-19-21-22-20-18-16-14-12-10-8-6-4-2;;2*1-4(2,3)5/h3-22H2,1-2H3;;2*(H3,1,2,3,5). The van der Waals surface area contributed by atoms with Gasteiger partial charge in [0, 0.05) is 21.1 Å². The first-order valence-electron chi connectivity index (χ1n) is 12.5. The van der Waals surface area contributed by atoms with Gasteiger partial charge in [-0.3, -0.25) is 0 Å². The number of hydrogen-bond acceptors (Lipinski definition) is 2. The molecule has 204 valence electrons. The maximum atomic E-state index is 7.56. The van der Waals surface area contributed by atoms with E-state index < -0.39 is 13.4 Å². The molecule has 0 amide bonds. The van der Waals surface area contributed by atoms with Gasteiger partial charge in [-0.2, -0.15) is 0 Å². The molecule has 33 heavy (non-hydrogen) atoms. The van der Waals surface area contributed by atoms with Gasteiger partial charge in [0.25, 0.3) is 0 Å². The zero-order valence-corrected chi connectivity index (χ0v) is 26.4.